The van der Waals surface area contributed by atoms with Gasteiger partial charge < -0.3 is 14.6 Å². The average Bonchev–Trinajstić information content (AvgIpc) is 3.65. The number of nitrogens with zero attached hydrogens (tertiary/aromatic N) is 6. The molecule has 2 saturated heterocycles. The highest BCUT2D eigenvalue weighted by molar-refractivity contribution is 7.88. The Morgan fingerprint density at radius 1 is 1.11 bits per heavy atom. The van der Waals surface area contributed by atoms with Gasteiger partial charge in [-0.15, -0.1) is 11.3 Å². The van der Waals surface area contributed by atoms with Crippen LogP contribution in [0.5, 0.6) is 0 Å². The summed E-state index contributed by atoms with van der Waals surface area (Å²) in [6, 6.07) is 7.40. The zero-order chi connectivity index (χ0) is 32.4. The maximum atomic E-state index is 13.0. The minimum Gasteiger partial charge on any atom is -0.408 e. The van der Waals surface area contributed by atoms with Crippen LogP contribution < -0.4 is 16.0 Å². The van der Waals surface area contributed by atoms with Crippen LogP contribution in [-0.4, -0.2) is 96.4 Å². The van der Waals surface area contributed by atoms with Crippen LogP contribution in [0.25, 0.3) is 21.3 Å². The van der Waals surface area contributed by atoms with E-state index in [4.69, 9.17) is 16.0 Å². The Kier molecular flexibility index (Phi) is 8.02. The smallest absolute Gasteiger partial charge is 0.408 e. The summed E-state index contributed by atoms with van der Waals surface area (Å²) in [7, 11) is -3.21. The third kappa shape index (κ3) is 6.46. The van der Waals surface area contributed by atoms with Crippen molar-refractivity contribution in [2.45, 2.75) is 44.4 Å². The summed E-state index contributed by atoms with van der Waals surface area (Å²) in [4.78, 5) is 26.2. The van der Waals surface area contributed by atoms with E-state index < -0.39 is 28.4 Å². The van der Waals surface area contributed by atoms with Crippen molar-refractivity contribution in [1.29, 1.82) is 0 Å². The monoisotopic (exact) mass is 699 g/mol. The summed E-state index contributed by atoms with van der Waals surface area (Å²) in [6.07, 6.45) is -1.31. The summed E-state index contributed by atoms with van der Waals surface area (Å²) >= 11 is 7.19. The van der Waals surface area contributed by atoms with Gasteiger partial charge in [0.1, 0.15) is 10.6 Å². The molecule has 17 heteroatoms. The minimum absolute atomic E-state index is 0.0274. The second-order valence-electron chi connectivity index (χ2n) is 12.7. The van der Waals surface area contributed by atoms with Crippen LogP contribution in [0.15, 0.2) is 33.5 Å². The number of thiophene rings is 1. The maximum Gasteiger partial charge on any atom is 0.419 e. The fourth-order valence-corrected chi connectivity index (χ4v) is 9.21. The predicted octanol–water partition coefficient (Wildman–Crippen LogP) is 4.41. The maximum absolute atomic E-state index is 13.0. The van der Waals surface area contributed by atoms with E-state index in [1.165, 1.54) is 10.6 Å². The van der Waals surface area contributed by atoms with Gasteiger partial charge in [-0.2, -0.15) is 22.5 Å². The van der Waals surface area contributed by atoms with Crippen LogP contribution in [-0.2, 0) is 23.0 Å². The highest BCUT2D eigenvalue weighted by Crippen LogP contribution is 2.50. The highest BCUT2D eigenvalue weighted by atomic mass is 35.5. The molecule has 1 saturated carbocycles. The summed E-state index contributed by atoms with van der Waals surface area (Å²) < 4.78 is 71.3. The van der Waals surface area contributed by atoms with Gasteiger partial charge in [0.2, 0.25) is 15.3 Å². The van der Waals surface area contributed by atoms with Gasteiger partial charge in [-0.1, -0.05) is 0 Å². The lowest BCUT2D eigenvalue weighted by Gasteiger charge is -2.46. The van der Waals surface area contributed by atoms with E-state index in [1.807, 2.05) is 12.1 Å². The van der Waals surface area contributed by atoms with Gasteiger partial charge in [-0.25, -0.2) is 18.2 Å². The van der Waals surface area contributed by atoms with Crippen LogP contribution >= 0.6 is 22.9 Å². The van der Waals surface area contributed by atoms with Crippen molar-refractivity contribution in [2.24, 2.45) is 5.41 Å². The van der Waals surface area contributed by atoms with E-state index in [9.17, 15) is 26.4 Å². The van der Waals surface area contributed by atoms with Gasteiger partial charge >= 0.3 is 11.9 Å². The Morgan fingerprint density at radius 2 is 1.87 bits per heavy atom. The number of piperazine rings is 1. The number of anilines is 2. The van der Waals surface area contributed by atoms with Crippen molar-refractivity contribution in [3.8, 4) is 0 Å². The van der Waals surface area contributed by atoms with E-state index >= 15 is 0 Å². The summed E-state index contributed by atoms with van der Waals surface area (Å²) in [5.41, 5.74) is 2.17. The number of aromatic nitrogens is 3. The topological polar surface area (TPSA) is 117 Å². The SMILES string of the molecule is CS(=O)(=O)N1CCN(CCn2c(=O)oc3ccc(NC4CC5(CCN(c6nc(Cl)nc7sc(CC(F)(F)F)cc67)C5)C4)cc32)CC1. The second kappa shape index (κ2) is 11.6. The Morgan fingerprint density at radius 3 is 2.59 bits per heavy atom. The standard InChI is InChI=1S/C29H33ClF3N7O4S2/c1-46(42,43)39-9-6-37(7-10-39)8-11-40-22-12-18(2-3-23(22)44-27(40)41)34-19-14-28(15-19)4-5-38(17-28)24-21-13-20(16-29(31,32)33)45-25(21)36-26(30)35-24/h2-3,12-13,19,34H,4-11,14-17H2,1H3. The number of oxazole rings is 1. The van der Waals surface area contributed by atoms with Crippen LogP contribution in [0.1, 0.15) is 24.1 Å². The van der Waals surface area contributed by atoms with Crippen LogP contribution in [0, 0.1) is 5.41 Å². The fourth-order valence-electron chi connectivity index (χ4n) is 7.12. The summed E-state index contributed by atoms with van der Waals surface area (Å²) in [6.45, 7) is 4.57. The number of hydrogen-bond acceptors (Lipinski definition) is 10. The number of halogens is 4. The molecule has 0 radical (unpaired) electrons. The van der Waals surface area contributed by atoms with Gasteiger partial charge in [0.05, 0.1) is 23.6 Å². The molecule has 3 aromatic heterocycles. The largest absolute Gasteiger partial charge is 0.419 e. The predicted molar refractivity (Wildman–Crippen MR) is 171 cm³/mol. The van der Waals surface area contributed by atoms with E-state index in [0.29, 0.717) is 66.4 Å². The van der Waals surface area contributed by atoms with Crippen molar-refractivity contribution in [3.05, 3.63) is 45.0 Å². The number of benzene rings is 1. The first-order chi connectivity index (χ1) is 21.7. The third-order valence-corrected chi connectivity index (χ3v) is 11.8. The normalized spacial score (nSPS) is 23.2. The molecule has 1 spiro atoms. The lowest BCUT2D eigenvalue weighted by atomic mass is 9.65. The molecule has 3 aliphatic rings. The molecule has 0 bridgehead atoms. The zero-order valence-electron chi connectivity index (χ0n) is 25.0. The molecule has 0 unspecified atom stereocenters. The summed E-state index contributed by atoms with van der Waals surface area (Å²) in [5.74, 6) is 0.166. The van der Waals surface area contributed by atoms with Crippen molar-refractivity contribution >= 4 is 65.8 Å². The van der Waals surface area contributed by atoms with E-state index in [0.717, 1.165) is 49.4 Å². The lowest BCUT2D eigenvalue weighted by Crippen LogP contribution is -2.49. The van der Waals surface area contributed by atoms with Crippen molar-refractivity contribution in [3.63, 3.8) is 0 Å². The number of sulfonamides is 1. The Bertz CT molecular complexity index is 1950. The molecule has 4 aromatic rings. The number of rotatable bonds is 8. The molecule has 5 heterocycles. The number of nitrogens with one attached hydrogen (secondary N) is 1. The van der Waals surface area contributed by atoms with Crippen LogP contribution in [0.3, 0.4) is 0 Å². The Labute approximate surface area is 272 Å². The molecular weight excluding hydrogens is 667 g/mol. The molecular formula is C29H33ClF3N7O4S2. The molecule has 7 rings (SSSR count). The molecule has 0 atom stereocenters. The van der Waals surface area contributed by atoms with Crippen molar-refractivity contribution in [2.75, 3.05) is 62.3 Å². The molecule has 2 aliphatic heterocycles. The van der Waals surface area contributed by atoms with Gasteiger partial charge in [-0.3, -0.25) is 9.47 Å². The van der Waals surface area contributed by atoms with Crippen LogP contribution in [0.4, 0.5) is 24.7 Å². The number of alkyl halides is 3. The highest BCUT2D eigenvalue weighted by Gasteiger charge is 2.49. The van der Waals surface area contributed by atoms with E-state index in [1.54, 1.807) is 16.7 Å². The molecule has 1 aliphatic carbocycles. The number of hydrogen-bond donors (Lipinski definition) is 1. The fraction of sp³-hybridized carbons (Fsp3) is 0.552. The summed E-state index contributed by atoms with van der Waals surface area (Å²) in [5, 5.41) is 4.24. The Hall–Kier alpha value is -2.92. The minimum atomic E-state index is -4.30. The molecule has 1 N–H and O–H groups in total. The molecule has 248 valence electrons. The quantitative estimate of drug-likeness (QED) is 0.267. The first kappa shape index (κ1) is 31.7. The zero-order valence-corrected chi connectivity index (χ0v) is 27.4. The van der Waals surface area contributed by atoms with Crippen LogP contribution in [0.2, 0.25) is 5.28 Å². The molecule has 0 amide bonds. The molecule has 11 nitrogen and oxygen atoms in total. The molecule has 1 aromatic carbocycles. The van der Waals surface area contributed by atoms with E-state index in [2.05, 4.69) is 25.1 Å². The average molecular weight is 700 g/mol. The van der Waals surface area contributed by atoms with Gasteiger partial charge in [0.25, 0.3) is 0 Å². The van der Waals surface area contributed by atoms with Gasteiger partial charge in [0, 0.05) is 69.0 Å². The number of fused-ring (bicyclic) bond motifs is 2. The molecule has 46 heavy (non-hydrogen) atoms. The van der Waals surface area contributed by atoms with E-state index in [-0.39, 0.29) is 21.6 Å². The molecule has 3 fully saturated rings. The van der Waals surface area contributed by atoms with Crippen molar-refractivity contribution < 1.29 is 26.0 Å². The van der Waals surface area contributed by atoms with Gasteiger partial charge in [-0.05, 0) is 60.5 Å². The second-order valence-corrected chi connectivity index (χ2v) is 16.1. The lowest BCUT2D eigenvalue weighted by molar-refractivity contribution is -0.126. The Balaban J connectivity index is 0.983. The first-order valence-corrected chi connectivity index (χ1v) is 18.1. The van der Waals surface area contributed by atoms with Gasteiger partial charge in [0.15, 0.2) is 5.58 Å². The third-order valence-electron chi connectivity index (χ3n) is 9.35. The van der Waals surface area contributed by atoms with Crippen molar-refractivity contribution in [1.82, 2.24) is 23.7 Å². The first-order valence-electron chi connectivity index (χ1n) is 15.1.